The van der Waals surface area contributed by atoms with Crippen molar-refractivity contribution < 1.29 is 9.47 Å². The van der Waals surface area contributed by atoms with Gasteiger partial charge in [0.15, 0.2) is 17.3 Å². The average Bonchev–Trinajstić information content (AvgIpc) is 2.94. The molecule has 0 atom stereocenters. The van der Waals surface area contributed by atoms with E-state index in [1.54, 1.807) is 25.3 Å². The van der Waals surface area contributed by atoms with E-state index in [4.69, 9.17) is 15.2 Å². The van der Waals surface area contributed by atoms with Crippen molar-refractivity contribution in [2.45, 2.75) is 13.8 Å². The van der Waals surface area contributed by atoms with Crippen molar-refractivity contribution >= 4 is 22.6 Å². The molecule has 0 aliphatic carbocycles. The number of nitrogens with one attached hydrogen (secondary N) is 1. The quantitative estimate of drug-likeness (QED) is 0.555. The minimum atomic E-state index is 0.443. The van der Waals surface area contributed by atoms with Crippen LogP contribution < -0.4 is 15.2 Å². The van der Waals surface area contributed by atoms with E-state index in [2.05, 4.69) is 15.0 Å². The molecule has 0 saturated heterocycles. The summed E-state index contributed by atoms with van der Waals surface area (Å²) in [4.78, 5) is 11.4. The van der Waals surface area contributed by atoms with E-state index in [-0.39, 0.29) is 0 Å². The van der Waals surface area contributed by atoms with Crippen LogP contribution in [0.2, 0.25) is 0 Å². The fraction of sp³-hybridized carbons (Fsp3) is 0.176. The second-order valence-corrected chi connectivity index (χ2v) is 5.00. The monoisotopic (exact) mass is 310 g/mol. The molecule has 3 rings (SSSR count). The van der Waals surface area contributed by atoms with Gasteiger partial charge in [0.2, 0.25) is 0 Å². The number of pyridine rings is 1. The summed E-state index contributed by atoms with van der Waals surface area (Å²) in [6, 6.07) is 9.35. The molecule has 0 spiro atoms. The van der Waals surface area contributed by atoms with Crippen LogP contribution in [0.25, 0.3) is 10.9 Å². The van der Waals surface area contributed by atoms with Gasteiger partial charge >= 0.3 is 0 Å². The van der Waals surface area contributed by atoms with E-state index in [1.165, 1.54) is 0 Å². The number of aliphatic imine (C=N–C) groups is 1. The molecule has 2 heterocycles. The molecule has 0 aliphatic rings. The lowest BCUT2D eigenvalue weighted by Crippen LogP contribution is -2.04. The van der Waals surface area contributed by atoms with Crippen LogP contribution in [0, 0.1) is 0 Å². The summed E-state index contributed by atoms with van der Waals surface area (Å²) in [6.07, 6.45) is 3.51. The minimum Gasteiger partial charge on any atom is -0.490 e. The third kappa shape index (κ3) is 3.42. The number of nitrogens with two attached hydrogens (primary N) is 1. The molecule has 0 amide bonds. The molecule has 0 saturated carbocycles. The van der Waals surface area contributed by atoms with Gasteiger partial charge in [-0.15, -0.1) is 0 Å². The Morgan fingerprint density at radius 2 is 2.13 bits per heavy atom. The number of H-pyrrole nitrogens is 1. The smallest absolute Gasteiger partial charge is 0.170 e. The average molecular weight is 310 g/mol. The van der Waals surface area contributed by atoms with Gasteiger partial charge in [0.05, 0.1) is 12.4 Å². The van der Waals surface area contributed by atoms with Crippen molar-refractivity contribution in [2.75, 3.05) is 6.61 Å². The molecule has 1 aromatic carbocycles. The Morgan fingerprint density at radius 1 is 1.26 bits per heavy atom. The van der Waals surface area contributed by atoms with Gasteiger partial charge in [0, 0.05) is 35.4 Å². The van der Waals surface area contributed by atoms with Gasteiger partial charge in [0.25, 0.3) is 0 Å². The van der Waals surface area contributed by atoms with Crippen molar-refractivity contribution in [3.63, 3.8) is 0 Å². The summed E-state index contributed by atoms with van der Waals surface area (Å²) >= 11 is 0. The summed E-state index contributed by atoms with van der Waals surface area (Å²) in [7, 11) is 0. The molecular formula is C17H18N4O2. The normalized spacial score (nSPS) is 11.7. The zero-order valence-corrected chi connectivity index (χ0v) is 13.0. The highest BCUT2D eigenvalue weighted by atomic mass is 16.5. The standard InChI is InChI=1S/C17H18N4O2/c1-3-22-15-10-14-12(4-6-19-14)8-16(15)23-13-5-7-20-17(9-13)21-11(2)18/h4-10,19H,3H2,1-2H3,(H2,18,20,21). The van der Waals surface area contributed by atoms with Crippen molar-refractivity contribution in [1.29, 1.82) is 0 Å². The largest absolute Gasteiger partial charge is 0.490 e. The lowest BCUT2D eigenvalue weighted by molar-refractivity contribution is 0.322. The number of hydrogen-bond acceptors (Lipinski definition) is 4. The molecule has 0 aliphatic heterocycles. The number of nitrogens with zero attached hydrogens (tertiary/aromatic N) is 2. The van der Waals surface area contributed by atoms with E-state index in [0.717, 1.165) is 10.9 Å². The van der Waals surface area contributed by atoms with E-state index in [9.17, 15) is 0 Å². The fourth-order valence-electron chi connectivity index (χ4n) is 2.24. The van der Waals surface area contributed by atoms with E-state index >= 15 is 0 Å². The van der Waals surface area contributed by atoms with Crippen molar-refractivity contribution in [3.8, 4) is 17.2 Å². The second kappa shape index (κ2) is 6.39. The van der Waals surface area contributed by atoms with E-state index in [0.29, 0.717) is 35.5 Å². The zero-order chi connectivity index (χ0) is 16.2. The third-order valence-electron chi connectivity index (χ3n) is 3.15. The lowest BCUT2D eigenvalue weighted by Gasteiger charge is -2.12. The molecule has 2 aromatic heterocycles. The van der Waals surface area contributed by atoms with E-state index in [1.807, 2.05) is 31.3 Å². The maximum atomic E-state index is 5.97. The number of aromatic nitrogens is 2. The molecule has 0 bridgehead atoms. The number of ether oxygens (including phenoxy) is 2. The highest BCUT2D eigenvalue weighted by Gasteiger charge is 2.10. The van der Waals surface area contributed by atoms with Crippen molar-refractivity contribution in [3.05, 3.63) is 42.7 Å². The van der Waals surface area contributed by atoms with E-state index < -0.39 is 0 Å². The number of benzene rings is 1. The topological polar surface area (TPSA) is 85.5 Å². The first-order valence-electron chi connectivity index (χ1n) is 7.34. The second-order valence-electron chi connectivity index (χ2n) is 5.00. The van der Waals surface area contributed by atoms with Crippen LogP contribution in [-0.4, -0.2) is 22.4 Å². The van der Waals surface area contributed by atoms with Crippen LogP contribution >= 0.6 is 0 Å². The van der Waals surface area contributed by atoms with Crippen molar-refractivity contribution in [2.24, 2.45) is 10.7 Å². The first kappa shape index (κ1) is 14.9. The summed E-state index contributed by atoms with van der Waals surface area (Å²) in [5.74, 6) is 2.89. The maximum absolute atomic E-state index is 5.97. The van der Waals surface area contributed by atoms with Gasteiger partial charge < -0.3 is 20.2 Å². The Morgan fingerprint density at radius 3 is 2.91 bits per heavy atom. The zero-order valence-electron chi connectivity index (χ0n) is 13.0. The Bertz CT molecular complexity index is 851. The van der Waals surface area contributed by atoms with Crippen LogP contribution in [-0.2, 0) is 0 Å². The minimum absolute atomic E-state index is 0.443. The van der Waals surface area contributed by atoms with Crippen LogP contribution in [0.3, 0.4) is 0 Å². The Balaban J connectivity index is 1.96. The van der Waals surface area contributed by atoms with Crippen LogP contribution in [0.15, 0.2) is 47.7 Å². The summed E-state index contributed by atoms with van der Waals surface area (Å²) in [6.45, 7) is 4.20. The highest BCUT2D eigenvalue weighted by molar-refractivity contribution is 5.83. The number of fused-ring (bicyclic) bond motifs is 1. The summed E-state index contributed by atoms with van der Waals surface area (Å²) in [5.41, 5.74) is 6.59. The van der Waals surface area contributed by atoms with Crippen molar-refractivity contribution in [1.82, 2.24) is 9.97 Å². The molecule has 0 unspecified atom stereocenters. The maximum Gasteiger partial charge on any atom is 0.170 e. The van der Waals surface area contributed by atoms with Gasteiger partial charge in [-0.05, 0) is 32.0 Å². The number of hydrogen-bond donors (Lipinski definition) is 2. The third-order valence-corrected chi connectivity index (χ3v) is 3.15. The van der Waals surface area contributed by atoms with Gasteiger partial charge in [-0.2, -0.15) is 0 Å². The molecule has 23 heavy (non-hydrogen) atoms. The number of rotatable bonds is 5. The molecular weight excluding hydrogens is 292 g/mol. The van der Waals surface area contributed by atoms with Gasteiger partial charge in [-0.3, -0.25) is 0 Å². The molecule has 6 heteroatoms. The van der Waals surface area contributed by atoms with Gasteiger partial charge in [0.1, 0.15) is 5.75 Å². The molecule has 0 radical (unpaired) electrons. The number of amidine groups is 1. The molecule has 118 valence electrons. The van der Waals surface area contributed by atoms with Gasteiger partial charge in [-0.25, -0.2) is 9.98 Å². The van der Waals surface area contributed by atoms with Gasteiger partial charge in [-0.1, -0.05) is 0 Å². The molecule has 3 aromatic rings. The first-order chi connectivity index (χ1) is 11.2. The highest BCUT2D eigenvalue weighted by Crippen LogP contribution is 2.36. The van der Waals surface area contributed by atoms with Crippen LogP contribution in [0.1, 0.15) is 13.8 Å². The van der Waals surface area contributed by atoms with Crippen LogP contribution in [0.4, 0.5) is 5.82 Å². The number of aromatic amines is 1. The first-order valence-corrected chi connectivity index (χ1v) is 7.34. The Labute approximate surface area is 134 Å². The molecule has 3 N–H and O–H groups in total. The Hall–Kier alpha value is -3.02. The molecule has 6 nitrogen and oxygen atoms in total. The molecule has 0 fully saturated rings. The SMILES string of the molecule is CCOc1cc2[nH]ccc2cc1Oc1ccnc(N=C(C)N)c1. The van der Waals surface area contributed by atoms with Crippen LogP contribution in [0.5, 0.6) is 17.2 Å². The predicted molar refractivity (Wildman–Crippen MR) is 90.7 cm³/mol. The lowest BCUT2D eigenvalue weighted by atomic mass is 10.2. The summed E-state index contributed by atoms with van der Waals surface area (Å²) < 4.78 is 11.6. The summed E-state index contributed by atoms with van der Waals surface area (Å²) in [5, 5.41) is 1.05. The Kier molecular flexibility index (Phi) is 4.14. The predicted octanol–water partition coefficient (Wildman–Crippen LogP) is 3.76. The fourth-order valence-corrected chi connectivity index (χ4v) is 2.24.